The van der Waals surface area contributed by atoms with Crippen molar-refractivity contribution in [2.75, 3.05) is 26.2 Å². The summed E-state index contributed by atoms with van der Waals surface area (Å²) in [7, 11) is 0. The van der Waals surface area contributed by atoms with Gasteiger partial charge in [-0.2, -0.15) is 0 Å². The lowest BCUT2D eigenvalue weighted by Crippen LogP contribution is -2.52. The molecule has 0 aromatic carbocycles. The number of amides is 1. The van der Waals surface area contributed by atoms with E-state index in [9.17, 15) is 4.79 Å². The second kappa shape index (κ2) is 4.96. The molecule has 3 heterocycles. The topological polar surface area (TPSA) is 58.4 Å². The number of nitrogens with one attached hydrogen (secondary N) is 1. The fraction of sp³-hybridized carbons (Fsp3) is 0.714. The molecule has 19 heavy (non-hydrogen) atoms. The Morgan fingerprint density at radius 1 is 1.47 bits per heavy atom. The molecule has 5 nitrogen and oxygen atoms in total. The van der Waals surface area contributed by atoms with Gasteiger partial charge >= 0.3 is 0 Å². The fourth-order valence-corrected chi connectivity index (χ4v) is 3.39. The van der Waals surface area contributed by atoms with Crippen molar-refractivity contribution < 1.29 is 9.32 Å². The summed E-state index contributed by atoms with van der Waals surface area (Å²) in [5, 5.41) is 7.32. The maximum atomic E-state index is 12.4. The molecule has 2 aliphatic heterocycles. The van der Waals surface area contributed by atoms with Crippen LogP contribution in [0.1, 0.15) is 41.9 Å². The van der Waals surface area contributed by atoms with Gasteiger partial charge in [-0.25, -0.2) is 0 Å². The maximum absolute atomic E-state index is 12.4. The third-order valence-corrected chi connectivity index (χ3v) is 4.36. The highest BCUT2D eigenvalue weighted by Crippen LogP contribution is 2.36. The highest BCUT2D eigenvalue weighted by molar-refractivity contribution is 5.92. The zero-order valence-corrected chi connectivity index (χ0v) is 11.4. The molecule has 0 radical (unpaired) electrons. The molecule has 1 aromatic rings. The van der Waals surface area contributed by atoms with Gasteiger partial charge in [0.2, 0.25) is 0 Å². The molecule has 1 aromatic heterocycles. The van der Waals surface area contributed by atoms with E-state index in [4.69, 9.17) is 4.52 Å². The Morgan fingerprint density at radius 2 is 2.32 bits per heavy atom. The minimum absolute atomic E-state index is 0.0153. The summed E-state index contributed by atoms with van der Waals surface area (Å²) in [5.74, 6) is 0.705. The molecule has 5 heteroatoms. The van der Waals surface area contributed by atoms with Gasteiger partial charge in [-0.1, -0.05) is 5.16 Å². The lowest BCUT2D eigenvalue weighted by molar-refractivity contribution is 0.0425. The van der Waals surface area contributed by atoms with Crippen molar-refractivity contribution in [1.29, 1.82) is 0 Å². The number of piperidine rings is 2. The number of hydrogen-bond acceptors (Lipinski definition) is 4. The summed E-state index contributed by atoms with van der Waals surface area (Å²) in [4.78, 5) is 14.4. The second-order valence-electron chi connectivity index (χ2n) is 5.93. The Morgan fingerprint density at radius 3 is 3.00 bits per heavy atom. The van der Waals surface area contributed by atoms with Crippen LogP contribution in [0.25, 0.3) is 0 Å². The fourth-order valence-electron chi connectivity index (χ4n) is 3.39. The minimum atomic E-state index is 0.0153. The van der Waals surface area contributed by atoms with Gasteiger partial charge in [0.1, 0.15) is 5.76 Å². The van der Waals surface area contributed by atoms with Crippen molar-refractivity contribution in [3.63, 3.8) is 0 Å². The molecule has 2 fully saturated rings. The van der Waals surface area contributed by atoms with Crippen LogP contribution in [0.5, 0.6) is 0 Å². The lowest BCUT2D eigenvalue weighted by Gasteiger charge is -2.45. The zero-order chi connectivity index (χ0) is 13.3. The normalized spacial score (nSPS) is 27.7. The van der Waals surface area contributed by atoms with Gasteiger partial charge in [0, 0.05) is 31.1 Å². The van der Waals surface area contributed by atoms with Crippen LogP contribution >= 0.6 is 0 Å². The maximum Gasteiger partial charge on any atom is 0.276 e. The van der Waals surface area contributed by atoms with Crippen LogP contribution in [-0.2, 0) is 0 Å². The highest BCUT2D eigenvalue weighted by atomic mass is 16.5. The first-order chi connectivity index (χ1) is 9.19. The number of carbonyl (C=O) groups is 1. The molecule has 0 saturated carbocycles. The molecule has 0 aliphatic carbocycles. The summed E-state index contributed by atoms with van der Waals surface area (Å²) < 4.78 is 5.00. The van der Waals surface area contributed by atoms with Crippen LogP contribution < -0.4 is 5.32 Å². The number of rotatable bonds is 1. The van der Waals surface area contributed by atoms with E-state index in [1.807, 2.05) is 11.8 Å². The van der Waals surface area contributed by atoms with E-state index in [2.05, 4.69) is 10.5 Å². The third-order valence-electron chi connectivity index (χ3n) is 4.36. The van der Waals surface area contributed by atoms with Crippen LogP contribution in [-0.4, -0.2) is 42.1 Å². The monoisotopic (exact) mass is 263 g/mol. The van der Waals surface area contributed by atoms with E-state index in [0.717, 1.165) is 32.6 Å². The Labute approximate surface area is 113 Å². The van der Waals surface area contributed by atoms with E-state index >= 15 is 0 Å². The van der Waals surface area contributed by atoms with Crippen molar-refractivity contribution in [3.05, 3.63) is 17.5 Å². The predicted molar refractivity (Wildman–Crippen MR) is 70.9 cm³/mol. The van der Waals surface area contributed by atoms with Gasteiger partial charge in [-0.15, -0.1) is 0 Å². The zero-order valence-electron chi connectivity index (χ0n) is 11.4. The molecular weight excluding hydrogens is 242 g/mol. The van der Waals surface area contributed by atoms with Crippen molar-refractivity contribution in [2.24, 2.45) is 5.41 Å². The smallest absolute Gasteiger partial charge is 0.276 e. The first kappa shape index (κ1) is 12.7. The van der Waals surface area contributed by atoms with Gasteiger partial charge in [0.05, 0.1) is 0 Å². The molecule has 0 bridgehead atoms. The molecule has 2 saturated heterocycles. The Balaban J connectivity index is 1.72. The average Bonchev–Trinajstić information content (AvgIpc) is 2.85. The van der Waals surface area contributed by atoms with Gasteiger partial charge in [0.25, 0.3) is 5.91 Å². The van der Waals surface area contributed by atoms with Crippen molar-refractivity contribution >= 4 is 5.91 Å². The van der Waals surface area contributed by atoms with E-state index in [-0.39, 0.29) is 11.3 Å². The molecule has 1 amide bonds. The van der Waals surface area contributed by atoms with Crippen molar-refractivity contribution in [1.82, 2.24) is 15.4 Å². The first-order valence-corrected chi connectivity index (χ1v) is 7.12. The molecule has 1 N–H and O–H groups in total. The molecule has 1 atom stereocenters. The second-order valence-corrected chi connectivity index (χ2v) is 5.93. The lowest BCUT2D eigenvalue weighted by atomic mass is 9.74. The van der Waals surface area contributed by atoms with E-state index in [1.54, 1.807) is 6.07 Å². The largest absolute Gasteiger partial charge is 0.361 e. The van der Waals surface area contributed by atoms with Crippen LogP contribution in [0.15, 0.2) is 10.6 Å². The van der Waals surface area contributed by atoms with Gasteiger partial charge in [-0.05, 0) is 39.2 Å². The van der Waals surface area contributed by atoms with Crippen molar-refractivity contribution in [2.45, 2.75) is 32.6 Å². The number of aryl methyl sites for hydroxylation is 1. The Bertz CT molecular complexity index is 458. The number of carbonyl (C=O) groups excluding carboxylic acids is 1. The molecule has 104 valence electrons. The molecule has 1 unspecified atom stereocenters. The predicted octanol–water partition coefficient (Wildman–Crippen LogP) is 1.59. The summed E-state index contributed by atoms with van der Waals surface area (Å²) in [6.45, 7) is 5.65. The summed E-state index contributed by atoms with van der Waals surface area (Å²) in [6, 6.07) is 1.72. The van der Waals surface area contributed by atoms with Crippen LogP contribution in [0.2, 0.25) is 0 Å². The molecule has 3 rings (SSSR count). The third kappa shape index (κ3) is 2.52. The molecule has 2 aliphatic rings. The van der Waals surface area contributed by atoms with Gasteiger partial charge < -0.3 is 14.7 Å². The molecule has 1 spiro atoms. The van der Waals surface area contributed by atoms with Crippen LogP contribution in [0.3, 0.4) is 0 Å². The minimum Gasteiger partial charge on any atom is -0.361 e. The molecular formula is C14H21N3O2. The highest BCUT2D eigenvalue weighted by Gasteiger charge is 2.38. The quantitative estimate of drug-likeness (QED) is 0.836. The van der Waals surface area contributed by atoms with E-state index < -0.39 is 0 Å². The number of aromatic nitrogens is 1. The van der Waals surface area contributed by atoms with Gasteiger partial charge in [-0.3, -0.25) is 4.79 Å². The summed E-state index contributed by atoms with van der Waals surface area (Å²) in [6.07, 6.45) is 4.75. The van der Waals surface area contributed by atoms with Gasteiger partial charge in [0.15, 0.2) is 5.69 Å². The number of likely N-dealkylation sites (tertiary alicyclic amines) is 1. The number of hydrogen-bond donors (Lipinski definition) is 1. The van der Waals surface area contributed by atoms with Crippen LogP contribution in [0.4, 0.5) is 0 Å². The standard InChI is InChI=1S/C14H21N3O2/c1-11-8-12(16-19-11)13(18)17-7-3-5-14(10-17)4-2-6-15-9-14/h8,15H,2-7,9-10H2,1H3. The Kier molecular flexibility index (Phi) is 3.31. The van der Waals surface area contributed by atoms with E-state index in [1.165, 1.54) is 19.3 Å². The van der Waals surface area contributed by atoms with Crippen LogP contribution in [0, 0.1) is 12.3 Å². The average molecular weight is 263 g/mol. The summed E-state index contributed by atoms with van der Waals surface area (Å²) in [5.41, 5.74) is 0.726. The first-order valence-electron chi connectivity index (χ1n) is 7.12. The number of nitrogens with zero attached hydrogens (tertiary/aromatic N) is 2. The Hall–Kier alpha value is -1.36. The van der Waals surface area contributed by atoms with E-state index in [0.29, 0.717) is 11.5 Å². The summed E-state index contributed by atoms with van der Waals surface area (Å²) >= 11 is 0. The SMILES string of the molecule is Cc1cc(C(=O)N2CCCC3(CCCNC3)C2)no1. The van der Waals surface area contributed by atoms with Crippen molar-refractivity contribution in [3.8, 4) is 0 Å².